The van der Waals surface area contributed by atoms with Crippen LogP contribution in [0.15, 0.2) is 0 Å². The number of aldehydes is 1. The zero-order valence-electron chi connectivity index (χ0n) is 15.7. The molecule has 0 spiro atoms. The Morgan fingerprint density at radius 1 is 0.714 bits per heavy atom. The van der Waals surface area contributed by atoms with Crippen molar-refractivity contribution >= 4 is 30.2 Å². The molecule has 0 aliphatic rings. The Hall–Kier alpha value is -2.57. The first-order chi connectivity index (χ1) is 13.0. The molecule has 0 heterocycles. The second-order valence-electron chi connectivity index (χ2n) is 6.22. The molecule has 160 valence electrons. The number of aliphatic carboxylic acids is 4. The lowest BCUT2D eigenvalue weighted by Gasteiger charge is -2.29. The molecule has 0 aliphatic carbocycles. The van der Waals surface area contributed by atoms with Crippen LogP contribution in [0.4, 0.5) is 0 Å². The van der Waals surface area contributed by atoms with Crippen LogP contribution in [0.5, 0.6) is 0 Å². The highest BCUT2D eigenvalue weighted by Crippen LogP contribution is 2.01. The van der Waals surface area contributed by atoms with Gasteiger partial charge in [-0.25, -0.2) is 0 Å². The second kappa shape index (κ2) is 13.6. The summed E-state index contributed by atoms with van der Waals surface area (Å²) >= 11 is 0. The van der Waals surface area contributed by atoms with Crippen LogP contribution in [-0.2, 0) is 24.0 Å². The molecule has 1 unspecified atom stereocenters. The van der Waals surface area contributed by atoms with Crippen molar-refractivity contribution in [2.24, 2.45) is 0 Å². The molecule has 0 aromatic carbocycles. The van der Waals surface area contributed by atoms with Gasteiger partial charge in [0.15, 0.2) is 0 Å². The van der Waals surface area contributed by atoms with Gasteiger partial charge in [0, 0.05) is 32.7 Å². The summed E-state index contributed by atoms with van der Waals surface area (Å²) < 4.78 is 0. The van der Waals surface area contributed by atoms with Crippen LogP contribution in [0.3, 0.4) is 0 Å². The monoisotopic (exact) mass is 405 g/mol. The number of rotatable bonds is 17. The quantitative estimate of drug-likeness (QED) is 0.200. The van der Waals surface area contributed by atoms with E-state index in [1.807, 2.05) is 0 Å². The van der Waals surface area contributed by atoms with Crippen LogP contribution in [0.25, 0.3) is 0 Å². The van der Waals surface area contributed by atoms with Crippen molar-refractivity contribution in [2.75, 3.05) is 52.4 Å². The molecule has 0 saturated heterocycles. The molecule has 28 heavy (non-hydrogen) atoms. The van der Waals surface area contributed by atoms with Gasteiger partial charge in [-0.05, 0) is 6.92 Å². The van der Waals surface area contributed by atoms with Crippen molar-refractivity contribution in [1.29, 1.82) is 0 Å². The highest BCUT2D eigenvalue weighted by molar-refractivity contribution is 5.72. The third-order valence-electron chi connectivity index (χ3n) is 3.90. The number of nitrogens with zero attached hydrogens (tertiary/aromatic N) is 3. The third kappa shape index (κ3) is 12.7. The normalized spacial score (nSPS) is 12.3. The van der Waals surface area contributed by atoms with Crippen molar-refractivity contribution in [3.63, 3.8) is 0 Å². The fourth-order valence-electron chi connectivity index (χ4n) is 2.45. The molecule has 0 saturated carbocycles. The Balaban J connectivity index is 4.90. The van der Waals surface area contributed by atoms with Gasteiger partial charge in [-0.2, -0.15) is 0 Å². The molecule has 0 aromatic heterocycles. The topological polar surface area (TPSA) is 176 Å². The van der Waals surface area contributed by atoms with Crippen LogP contribution in [0.1, 0.15) is 13.3 Å². The van der Waals surface area contributed by atoms with Gasteiger partial charge in [-0.1, -0.05) is 0 Å². The van der Waals surface area contributed by atoms with Crippen LogP contribution >= 0.6 is 0 Å². The van der Waals surface area contributed by atoms with Crippen LogP contribution < -0.4 is 0 Å². The number of carbonyl (C=O) groups is 5. The minimum Gasteiger partial charge on any atom is -0.481 e. The number of hydrogen-bond donors (Lipinski definition) is 4. The van der Waals surface area contributed by atoms with E-state index in [4.69, 9.17) is 20.4 Å². The van der Waals surface area contributed by atoms with Crippen molar-refractivity contribution in [2.45, 2.75) is 19.4 Å². The van der Waals surface area contributed by atoms with E-state index in [0.29, 0.717) is 6.29 Å². The van der Waals surface area contributed by atoms with Gasteiger partial charge < -0.3 is 25.2 Å². The summed E-state index contributed by atoms with van der Waals surface area (Å²) in [6, 6.07) is -0.554. The Labute approximate surface area is 161 Å². The Morgan fingerprint density at radius 2 is 1.14 bits per heavy atom. The van der Waals surface area contributed by atoms with Gasteiger partial charge in [0.1, 0.15) is 6.29 Å². The maximum atomic E-state index is 11.1. The minimum atomic E-state index is -1.20. The zero-order chi connectivity index (χ0) is 21.7. The number of hydrogen-bond acceptors (Lipinski definition) is 8. The smallest absolute Gasteiger partial charge is 0.317 e. The van der Waals surface area contributed by atoms with Crippen molar-refractivity contribution < 1.29 is 44.4 Å². The highest BCUT2D eigenvalue weighted by Gasteiger charge is 2.19. The summed E-state index contributed by atoms with van der Waals surface area (Å²) in [6.45, 7) is 0.852. The maximum Gasteiger partial charge on any atom is 0.317 e. The Kier molecular flexibility index (Phi) is 12.3. The van der Waals surface area contributed by atoms with Gasteiger partial charge in [0.25, 0.3) is 0 Å². The molecule has 0 rings (SSSR count). The number of carboxylic acid groups (broad SMARTS) is 4. The molecule has 0 fully saturated rings. The average molecular weight is 405 g/mol. The van der Waals surface area contributed by atoms with Crippen LogP contribution in [0, 0.1) is 0 Å². The van der Waals surface area contributed by atoms with Crippen molar-refractivity contribution in [3.05, 3.63) is 0 Å². The summed E-state index contributed by atoms with van der Waals surface area (Å²) in [4.78, 5) is 58.7. The second-order valence-corrected chi connectivity index (χ2v) is 6.22. The largest absolute Gasteiger partial charge is 0.481 e. The van der Waals surface area contributed by atoms with Crippen molar-refractivity contribution in [3.8, 4) is 0 Å². The maximum absolute atomic E-state index is 11.1. The lowest BCUT2D eigenvalue weighted by Crippen LogP contribution is -2.46. The molecule has 0 aromatic rings. The van der Waals surface area contributed by atoms with Gasteiger partial charge in [0.2, 0.25) is 0 Å². The van der Waals surface area contributed by atoms with E-state index in [0.717, 1.165) is 4.90 Å². The van der Waals surface area contributed by atoms with E-state index < -0.39 is 43.0 Å². The zero-order valence-corrected chi connectivity index (χ0v) is 15.7. The average Bonchev–Trinajstić information content (AvgIpc) is 2.56. The number of carbonyl (C=O) groups excluding carboxylic acids is 1. The Bertz CT molecular complexity index is 539. The fourth-order valence-corrected chi connectivity index (χ4v) is 2.45. The molecule has 1 atom stereocenters. The molecule has 0 bridgehead atoms. The Morgan fingerprint density at radius 3 is 1.57 bits per heavy atom. The summed E-state index contributed by atoms with van der Waals surface area (Å²) in [5.74, 6) is -4.55. The van der Waals surface area contributed by atoms with Crippen LogP contribution in [-0.4, -0.2) is 124 Å². The first-order valence-corrected chi connectivity index (χ1v) is 8.56. The third-order valence-corrected chi connectivity index (χ3v) is 3.90. The van der Waals surface area contributed by atoms with E-state index in [1.54, 1.807) is 11.8 Å². The van der Waals surface area contributed by atoms with E-state index >= 15 is 0 Å². The first kappa shape index (κ1) is 25.4. The lowest BCUT2D eigenvalue weighted by atomic mass is 10.2. The molecule has 12 heteroatoms. The standard InChI is InChI=1S/C16H27N3O9/c1-12(11-20)19(3-2-13(21)22)7-6-17(8-14(23)24)4-5-18(9-15(25)26)10-16(27)28/h11-12H,2-10H2,1H3,(H,21,22)(H,23,24)(H,25,26)(H,27,28). The van der Waals surface area contributed by atoms with E-state index in [9.17, 15) is 24.0 Å². The van der Waals surface area contributed by atoms with E-state index in [2.05, 4.69) is 0 Å². The predicted octanol–water partition coefficient (Wildman–Crippen LogP) is -1.79. The first-order valence-electron chi connectivity index (χ1n) is 8.56. The van der Waals surface area contributed by atoms with Gasteiger partial charge in [0.05, 0.1) is 32.1 Å². The van der Waals surface area contributed by atoms with Gasteiger partial charge in [-0.15, -0.1) is 0 Å². The molecule has 0 amide bonds. The van der Waals surface area contributed by atoms with E-state index in [-0.39, 0.29) is 45.7 Å². The summed E-state index contributed by atoms with van der Waals surface area (Å²) in [5, 5.41) is 35.5. The number of carboxylic acids is 4. The minimum absolute atomic E-state index is 0.0181. The molecular weight excluding hydrogens is 378 g/mol. The molecular formula is C16H27N3O9. The molecule has 12 nitrogen and oxygen atoms in total. The summed E-state index contributed by atoms with van der Waals surface area (Å²) in [5.41, 5.74) is 0. The van der Waals surface area contributed by atoms with Gasteiger partial charge >= 0.3 is 23.9 Å². The molecule has 0 aliphatic heterocycles. The summed E-state index contributed by atoms with van der Waals surface area (Å²) in [7, 11) is 0. The molecule has 4 N–H and O–H groups in total. The highest BCUT2D eigenvalue weighted by atomic mass is 16.4. The predicted molar refractivity (Wildman–Crippen MR) is 95.1 cm³/mol. The lowest BCUT2D eigenvalue weighted by molar-refractivity contribution is -0.143. The van der Waals surface area contributed by atoms with Crippen LogP contribution in [0.2, 0.25) is 0 Å². The fraction of sp³-hybridized carbons (Fsp3) is 0.688. The van der Waals surface area contributed by atoms with E-state index in [1.165, 1.54) is 4.90 Å². The summed E-state index contributed by atoms with van der Waals surface area (Å²) in [6.07, 6.45) is 0.479. The van der Waals surface area contributed by atoms with Gasteiger partial charge in [-0.3, -0.25) is 33.9 Å². The SMILES string of the molecule is CC(C=O)N(CCC(=O)O)CCN(CCN(CC(=O)O)CC(=O)O)CC(=O)O. The van der Waals surface area contributed by atoms with Crippen molar-refractivity contribution in [1.82, 2.24) is 14.7 Å². The molecule has 0 radical (unpaired) electrons.